The highest BCUT2D eigenvalue weighted by atomic mass is 15.5. The van der Waals surface area contributed by atoms with Crippen molar-refractivity contribution in [3.05, 3.63) is 76.2 Å². The van der Waals surface area contributed by atoms with Gasteiger partial charge < -0.3 is 10.6 Å². The topological polar surface area (TPSA) is 139 Å². The van der Waals surface area contributed by atoms with E-state index in [0.29, 0.717) is 45.5 Å². The van der Waals surface area contributed by atoms with Crippen molar-refractivity contribution in [3.8, 4) is 18.2 Å². The molecule has 2 bridgehead atoms. The summed E-state index contributed by atoms with van der Waals surface area (Å²) in [5.41, 5.74) is 5.82. The number of hydrogen-bond donors (Lipinski definition) is 2. The molecule has 9 nitrogen and oxygen atoms in total. The number of nitriles is 3. The van der Waals surface area contributed by atoms with Crippen LogP contribution in [0.25, 0.3) is 10.9 Å². The van der Waals surface area contributed by atoms with Gasteiger partial charge in [-0.2, -0.15) is 15.8 Å². The van der Waals surface area contributed by atoms with E-state index in [1.165, 1.54) is 6.20 Å². The summed E-state index contributed by atoms with van der Waals surface area (Å²) in [4.78, 5) is 4.48. The number of nitrogens with one attached hydrogen (secondary N) is 2. The molecular formula is C32H31N9. The minimum absolute atomic E-state index is 0.0309. The highest BCUT2D eigenvalue weighted by Gasteiger charge is 2.58. The van der Waals surface area contributed by atoms with E-state index in [1.807, 2.05) is 36.0 Å². The van der Waals surface area contributed by atoms with Gasteiger partial charge in [0.15, 0.2) is 0 Å². The van der Waals surface area contributed by atoms with Crippen molar-refractivity contribution in [2.75, 3.05) is 17.2 Å². The first-order valence-electron chi connectivity index (χ1n) is 13.8. The van der Waals surface area contributed by atoms with Crippen molar-refractivity contribution in [2.24, 2.45) is 11.3 Å². The van der Waals surface area contributed by atoms with Crippen LogP contribution in [0, 0.1) is 52.2 Å². The molecule has 41 heavy (non-hydrogen) atoms. The summed E-state index contributed by atoms with van der Waals surface area (Å²) in [6.45, 7) is 8.92. The summed E-state index contributed by atoms with van der Waals surface area (Å²) in [5.74, 6) is 0.807. The Labute approximate surface area is 239 Å². The molecule has 4 aromatic rings. The van der Waals surface area contributed by atoms with Crippen LogP contribution in [0.1, 0.15) is 79.6 Å². The van der Waals surface area contributed by atoms with E-state index in [0.717, 1.165) is 42.0 Å². The second-order valence-electron chi connectivity index (χ2n) is 12.6. The Kier molecular flexibility index (Phi) is 6.16. The van der Waals surface area contributed by atoms with Crippen LogP contribution in [-0.4, -0.2) is 26.5 Å². The van der Waals surface area contributed by atoms with E-state index in [1.54, 1.807) is 12.1 Å². The molecule has 2 N–H and O–H groups in total. The summed E-state index contributed by atoms with van der Waals surface area (Å²) in [5, 5.41) is 46.6. The molecule has 0 unspecified atom stereocenters. The summed E-state index contributed by atoms with van der Waals surface area (Å²) in [6.07, 6.45) is 6.97. The van der Waals surface area contributed by atoms with Gasteiger partial charge in [-0.05, 0) is 66.8 Å². The highest BCUT2D eigenvalue weighted by Crippen LogP contribution is 2.62. The standard InChI is InChI=1S/C32H31N9/c1-19-21(13-33)6-5-7-25(19)30(27-17-41(40-39-27)32-10-20(11-32)12-32)38-24-8-22(14-34)28-26(9-24)29(23(15-35)16-36-28)37-18-31(2,3)4/h5-9,16-17,20,30,38H,10-12,18H2,1-4H3,(H,36,37)/t20?,30-,32?/m0/s1. The van der Waals surface area contributed by atoms with Crippen molar-refractivity contribution in [1.82, 2.24) is 20.0 Å². The predicted octanol–water partition coefficient (Wildman–Crippen LogP) is 5.92. The number of fused-ring (bicyclic) bond motifs is 1. The van der Waals surface area contributed by atoms with E-state index in [-0.39, 0.29) is 11.0 Å². The fraction of sp³-hybridized carbons (Fsp3) is 0.375. The minimum Gasteiger partial charge on any atom is -0.383 e. The van der Waals surface area contributed by atoms with Crippen molar-refractivity contribution in [3.63, 3.8) is 0 Å². The third kappa shape index (κ3) is 4.52. The smallest absolute Gasteiger partial charge is 0.110 e. The van der Waals surface area contributed by atoms with Crippen LogP contribution >= 0.6 is 0 Å². The SMILES string of the molecule is Cc1c(C#N)cccc1[C@H](Nc1cc(C#N)c2ncc(C#N)c(NCC(C)(C)C)c2c1)c1cn(C23CC(C2)C3)nn1. The minimum atomic E-state index is -0.425. The number of pyridine rings is 1. The molecular weight excluding hydrogens is 510 g/mol. The lowest BCUT2D eigenvalue weighted by Crippen LogP contribution is -2.59. The Morgan fingerprint density at radius 1 is 1.05 bits per heavy atom. The molecule has 9 heteroatoms. The number of benzene rings is 2. The second kappa shape index (κ2) is 9.61. The van der Waals surface area contributed by atoms with Crippen molar-refractivity contribution < 1.29 is 0 Å². The third-order valence-electron chi connectivity index (χ3n) is 8.42. The molecule has 2 aromatic heterocycles. The number of nitrogens with zero attached hydrogens (tertiary/aromatic N) is 7. The molecule has 2 heterocycles. The van der Waals surface area contributed by atoms with Gasteiger partial charge in [0.25, 0.3) is 0 Å². The Bertz CT molecular complexity index is 1790. The summed E-state index contributed by atoms with van der Waals surface area (Å²) < 4.78 is 2.01. The Balaban J connectivity index is 1.47. The van der Waals surface area contributed by atoms with Crippen LogP contribution in [0.4, 0.5) is 11.4 Å². The number of anilines is 2. The van der Waals surface area contributed by atoms with Gasteiger partial charge in [-0.15, -0.1) is 5.10 Å². The quantitative estimate of drug-likeness (QED) is 0.294. The molecule has 3 aliphatic carbocycles. The van der Waals surface area contributed by atoms with Gasteiger partial charge >= 0.3 is 0 Å². The molecule has 0 saturated heterocycles. The number of hydrogen-bond acceptors (Lipinski definition) is 8. The summed E-state index contributed by atoms with van der Waals surface area (Å²) >= 11 is 0. The van der Waals surface area contributed by atoms with Crippen LogP contribution < -0.4 is 10.6 Å². The zero-order valence-corrected chi connectivity index (χ0v) is 23.7. The maximum Gasteiger partial charge on any atom is 0.110 e. The zero-order valence-electron chi connectivity index (χ0n) is 23.7. The fourth-order valence-electron chi connectivity index (χ4n) is 6.02. The summed E-state index contributed by atoms with van der Waals surface area (Å²) in [6, 6.07) is 15.8. The maximum atomic E-state index is 10.1. The maximum absolute atomic E-state index is 10.1. The third-order valence-corrected chi connectivity index (χ3v) is 8.42. The molecule has 3 aliphatic rings. The lowest BCUT2D eigenvalue weighted by molar-refractivity contribution is -0.0989. The number of aromatic nitrogens is 4. The van der Waals surface area contributed by atoms with Crippen molar-refractivity contribution >= 4 is 22.3 Å². The molecule has 2 aromatic carbocycles. The van der Waals surface area contributed by atoms with Gasteiger partial charge in [-0.3, -0.25) is 4.98 Å². The van der Waals surface area contributed by atoms with E-state index >= 15 is 0 Å². The molecule has 0 spiro atoms. The molecule has 204 valence electrons. The van der Waals surface area contributed by atoms with E-state index in [2.05, 4.69) is 64.9 Å². The van der Waals surface area contributed by atoms with Gasteiger partial charge in [0.1, 0.15) is 17.8 Å². The van der Waals surface area contributed by atoms with Crippen molar-refractivity contribution in [2.45, 2.75) is 58.5 Å². The lowest BCUT2D eigenvalue weighted by atomic mass is 9.50. The average molecular weight is 542 g/mol. The predicted molar refractivity (Wildman–Crippen MR) is 156 cm³/mol. The lowest BCUT2D eigenvalue weighted by Gasteiger charge is -2.61. The Morgan fingerprint density at radius 3 is 2.41 bits per heavy atom. The Hall–Kier alpha value is -4.94. The zero-order chi connectivity index (χ0) is 28.9. The first kappa shape index (κ1) is 26.3. The van der Waals surface area contributed by atoms with Crippen LogP contribution in [0.2, 0.25) is 0 Å². The Morgan fingerprint density at radius 2 is 1.78 bits per heavy atom. The van der Waals surface area contributed by atoms with Crippen LogP contribution in [-0.2, 0) is 5.54 Å². The monoisotopic (exact) mass is 541 g/mol. The molecule has 3 saturated carbocycles. The van der Waals surface area contributed by atoms with Gasteiger partial charge in [-0.1, -0.05) is 38.1 Å². The molecule has 7 rings (SSSR count). The highest BCUT2D eigenvalue weighted by molar-refractivity contribution is 5.99. The molecule has 0 radical (unpaired) electrons. The van der Waals surface area contributed by atoms with Gasteiger partial charge in [0, 0.05) is 23.8 Å². The van der Waals surface area contributed by atoms with E-state index in [9.17, 15) is 15.8 Å². The van der Waals surface area contributed by atoms with Crippen molar-refractivity contribution in [1.29, 1.82) is 15.8 Å². The van der Waals surface area contributed by atoms with Crippen LogP contribution in [0.15, 0.2) is 42.7 Å². The van der Waals surface area contributed by atoms with E-state index < -0.39 is 6.04 Å². The second-order valence-corrected chi connectivity index (χ2v) is 12.6. The van der Waals surface area contributed by atoms with Gasteiger partial charge in [0.2, 0.25) is 0 Å². The average Bonchev–Trinajstić information content (AvgIpc) is 3.37. The van der Waals surface area contributed by atoms with E-state index in [4.69, 9.17) is 0 Å². The van der Waals surface area contributed by atoms with Gasteiger partial charge in [-0.25, -0.2) is 4.68 Å². The van der Waals surface area contributed by atoms with Crippen LogP contribution in [0.3, 0.4) is 0 Å². The fourth-order valence-corrected chi connectivity index (χ4v) is 6.02. The molecule has 0 aliphatic heterocycles. The molecule has 0 amide bonds. The van der Waals surface area contributed by atoms with Gasteiger partial charge in [0.05, 0.1) is 51.7 Å². The molecule has 1 atom stereocenters. The molecule has 3 fully saturated rings. The largest absolute Gasteiger partial charge is 0.383 e. The first-order valence-corrected chi connectivity index (χ1v) is 13.8. The van der Waals surface area contributed by atoms with Crippen LogP contribution in [0.5, 0.6) is 0 Å². The summed E-state index contributed by atoms with van der Waals surface area (Å²) in [7, 11) is 0. The number of rotatable bonds is 7. The normalized spacial score (nSPS) is 19.7. The first-order chi connectivity index (χ1) is 19.6.